The number of nitrogens with one attached hydrogen (secondary N) is 1. The number of amides is 1. The summed E-state index contributed by atoms with van der Waals surface area (Å²) >= 11 is 0. The minimum atomic E-state index is -0.844. The van der Waals surface area contributed by atoms with Gasteiger partial charge in [-0.15, -0.1) is 0 Å². The van der Waals surface area contributed by atoms with Crippen LogP contribution in [0.3, 0.4) is 0 Å². The lowest BCUT2D eigenvalue weighted by Gasteiger charge is -2.20. The molecule has 0 saturated carbocycles. The quantitative estimate of drug-likeness (QED) is 0.0320. The van der Waals surface area contributed by atoms with Gasteiger partial charge < -0.3 is 20.3 Å². The molecule has 2 unspecified atom stereocenters. The van der Waals surface area contributed by atoms with Gasteiger partial charge >= 0.3 is 5.97 Å². The molecule has 92 heavy (non-hydrogen) atoms. The summed E-state index contributed by atoms with van der Waals surface area (Å²) in [6.45, 7) is 4.97. The van der Waals surface area contributed by atoms with Gasteiger partial charge in [-0.1, -0.05) is 443 Å². The number of hydrogen-bond acceptors (Lipinski definition) is 5. The van der Waals surface area contributed by atoms with E-state index in [1.807, 2.05) is 6.08 Å². The van der Waals surface area contributed by atoms with Crippen LogP contribution < -0.4 is 5.32 Å². The molecule has 3 N–H and O–H groups in total. The van der Waals surface area contributed by atoms with Crippen LogP contribution in [0.2, 0.25) is 0 Å². The van der Waals surface area contributed by atoms with E-state index >= 15 is 0 Å². The molecule has 0 bridgehead atoms. The van der Waals surface area contributed by atoms with Gasteiger partial charge in [0.15, 0.2) is 0 Å². The minimum Gasteiger partial charge on any atom is -0.466 e. The normalized spacial score (nSPS) is 12.5. The van der Waals surface area contributed by atoms with Crippen molar-refractivity contribution in [3.63, 3.8) is 0 Å². The molecule has 0 saturated heterocycles. The molecule has 2 atom stereocenters. The van der Waals surface area contributed by atoms with Gasteiger partial charge in [-0.2, -0.15) is 0 Å². The smallest absolute Gasteiger partial charge is 0.305 e. The predicted molar refractivity (Wildman–Crippen MR) is 407 cm³/mol. The van der Waals surface area contributed by atoms with E-state index in [0.29, 0.717) is 19.4 Å². The average molecular weight is 1300 g/mol. The molecule has 0 aromatic heterocycles. The van der Waals surface area contributed by atoms with Crippen molar-refractivity contribution >= 4 is 11.9 Å². The highest BCUT2D eigenvalue weighted by Gasteiger charge is 2.18. The van der Waals surface area contributed by atoms with Gasteiger partial charge in [-0.3, -0.25) is 9.59 Å². The molecule has 546 valence electrons. The number of unbranched alkanes of at least 4 members (excludes halogenated alkanes) is 68. The molecule has 0 spiro atoms. The first-order valence-electron chi connectivity index (χ1n) is 42.6. The van der Waals surface area contributed by atoms with Crippen LogP contribution in [-0.2, 0) is 14.3 Å². The molecule has 0 aromatic carbocycles. The second kappa shape index (κ2) is 81.8. The molecule has 0 radical (unpaired) electrons. The maximum Gasteiger partial charge on any atom is 0.305 e. The first-order chi connectivity index (χ1) is 45.5. The maximum absolute atomic E-state index is 12.6. The fraction of sp³-hybridized carbons (Fsp3) is 0.930. The van der Waals surface area contributed by atoms with E-state index < -0.39 is 12.1 Å². The summed E-state index contributed by atoms with van der Waals surface area (Å²) in [6.07, 6.45) is 106. The molecule has 0 rings (SSSR count). The zero-order chi connectivity index (χ0) is 66.3. The Morgan fingerprint density at radius 2 is 0.511 bits per heavy atom. The van der Waals surface area contributed by atoms with Gasteiger partial charge in [0.1, 0.15) is 0 Å². The molecular weight excluding hydrogens is 1130 g/mol. The Bertz CT molecular complexity index is 1450. The van der Waals surface area contributed by atoms with Crippen LogP contribution >= 0.6 is 0 Å². The van der Waals surface area contributed by atoms with E-state index in [0.717, 1.165) is 38.5 Å². The summed E-state index contributed by atoms with van der Waals surface area (Å²) in [5.74, 6) is -0.0353. The summed E-state index contributed by atoms with van der Waals surface area (Å²) in [5.41, 5.74) is 0. The molecular formula is C86H167NO5. The van der Waals surface area contributed by atoms with Crippen molar-refractivity contribution in [3.8, 4) is 0 Å². The van der Waals surface area contributed by atoms with Crippen molar-refractivity contribution < 1.29 is 24.5 Å². The summed E-state index contributed by atoms with van der Waals surface area (Å²) < 4.78 is 5.52. The molecule has 0 aliphatic heterocycles. The number of hydrogen-bond donors (Lipinski definition) is 3. The van der Waals surface area contributed by atoms with Crippen molar-refractivity contribution in [3.05, 3.63) is 24.3 Å². The van der Waals surface area contributed by atoms with E-state index in [2.05, 4.69) is 31.3 Å². The number of ether oxygens (including phenoxy) is 1. The number of aliphatic hydroxyl groups excluding tert-OH is 2. The van der Waals surface area contributed by atoms with Crippen LogP contribution in [0.15, 0.2) is 24.3 Å². The molecule has 1 amide bonds. The lowest BCUT2D eigenvalue weighted by molar-refractivity contribution is -0.143. The Balaban J connectivity index is 3.36. The lowest BCUT2D eigenvalue weighted by Crippen LogP contribution is -2.45. The molecule has 0 fully saturated rings. The fourth-order valence-corrected chi connectivity index (χ4v) is 13.8. The maximum atomic E-state index is 12.6. The molecule has 0 aromatic rings. The predicted octanol–water partition coefficient (Wildman–Crippen LogP) is 28.4. The Morgan fingerprint density at radius 3 is 0.772 bits per heavy atom. The number of carbonyl (C=O) groups excluding carboxylic acids is 2. The standard InChI is InChI=1S/C86H167NO5/c1-3-5-7-9-11-13-15-17-19-21-22-23-24-34-37-40-43-47-50-54-58-62-66-70-74-78-84(89)83(82-88)87-85(90)79-75-71-67-63-59-55-51-48-44-41-38-35-32-30-28-26-25-27-29-31-33-36-39-42-45-49-53-57-61-65-69-73-77-81-92-86(91)80-76-72-68-64-60-56-52-46-20-18-16-14-12-10-8-6-4-2/h29,31,74,78,83-84,88-89H,3-28,30,32-73,75-77,79-82H2,1-2H3,(H,87,90)/b31-29-,78-74+. The summed E-state index contributed by atoms with van der Waals surface area (Å²) in [7, 11) is 0. The summed E-state index contributed by atoms with van der Waals surface area (Å²) in [5, 5.41) is 23.3. The summed E-state index contributed by atoms with van der Waals surface area (Å²) in [4.78, 5) is 24.7. The SMILES string of the molecule is CCCCCCCCCCCCCCCCCCCCCCCCC/C=C/C(O)C(CO)NC(=O)CCCCCCCCCCCCCCCCCCC/C=C\CCCCCCCCCCCCCCOC(=O)CCCCCCCCCCCCCCCCCCC. The highest BCUT2D eigenvalue weighted by Crippen LogP contribution is 2.21. The zero-order valence-electron chi connectivity index (χ0n) is 62.8. The fourth-order valence-electron chi connectivity index (χ4n) is 13.8. The second-order valence-corrected chi connectivity index (χ2v) is 29.5. The zero-order valence-corrected chi connectivity index (χ0v) is 62.8. The lowest BCUT2D eigenvalue weighted by atomic mass is 10.0. The van der Waals surface area contributed by atoms with E-state index in [9.17, 15) is 19.8 Å². The van der Waals surface area contributed by atoms with Crippen LogP contribution in [-0.4, -0.2) is 47.4 Å². The Hall–Kier alpha value is -1.66. The van der Waals surface area contributed by atoms with Gasteiger partial charge in [0.2, 0.25) is 5.91 Å². The van der Waals surface area contributed by atoms with Crippen LogP contribution in [0.25, 0.3) is 0 Å². The van der Waals surface area contributed by atoms with Gasteiger partial charge in [-0.25, -0.2) is 0 Å². The first-order valence-corrected chi connectivity index (χ1v) is 42.6. The van der Waals surface area contributed by atoms with Gasteiger partial charge in [0.05, 0.1) is 25.4 Å². The van der Waals surface area contributed by atoms with Crippen LogP contribution in [0.4, 0.5) is 0 Å². The van der Waals surface area contributed by atoms with E-state index in [1.54, 1.807) is 6.08 Å². The second-order valence-electron chi connectivity index (χ2n) is 29.5. The number of allylic oxidation sites excluding steroid dienone is 3. The van der Waals surface area contributed by atoms with E-state index in [1.165, 1.54) is 424 Å². The first kappa shape index (κ1) is 90.3. The van der Waals surface area contributed by atoms with E-state index in [-0.39, 0.29) is 18.5 Å². The van der Waals surface area contributed by atoms with E-state index in [4.69, 9.17) is 4.74 Å². The Morgan fingerprint density at radius 1 is 0.293 bits per heavy atom. The highest BCUT2D eigenvalue weighted by atomic mass is 16.5. The van der Waals surface area contributed by atoms with Crippen LogP contribution in [0.1, 0.15) is 489 Å². The third-order valence-electron chi connectivity index (χ3n) is 20.2. The van der Waals surface area contributed by atoms with Crippen molar-refractivity contribution in [2.75, 3.05) is 13.2 Å². The highest BCUT2D eigenvalue weighted by molar-refractivity contribution is 5.76. The number of esters is 1. The van der Waals surface area contributed by atoms with Gasteiger partial charge in [0, 0.05) is 12.8 Å². The van der Waals surface area contributed by atoms with Crippen molar-refractivity contribution in [2.45, 2.75) is 501 Å². The number of aliphatic hydroxyl groups is 2. The molecule has 6 heteroatoms. The average Bonchev–Trinajstić information content (AvgIpc) is 3.76. The van der Waals surface area contributed by atoms with Crippen molar-refractivity contribution in [1.82, 2.24) is 5.32 Å². The molecule has 0 aliphatic rings. The third kappa shape index (κ3) is 77.3. The Labute approximate surface area is 577 Å². The van der Waals surface area contributed by atoms with Crippen molar-refractivity contribution in [1.29, 1.82) is 0 Å². The summed E-state index contributed by atoms with van der Waals surface area (Å²) in [6, 6.07) is -0.627. The van der Waals surface area contributed by atoms with Gasteiger partial charge in [-0.05, 0) is 57.8 Å². The number of carbonyl (C=O) groups is 2. The van der Waals surface area contributed by atoms with Crippen molar-refractivity contribution in [2.24, 2.45) is 0 Å². The largest absolute Gasteiger partial charge is 0.466 e. The number of rotatable bonds is 81. The molecule has 0 aliphatic carbocycles. The monoisotopic (exact) mass is 1290 g/mol. The minimum absolute atomic E-state index is 0.0237. The third-order valence-corrected chi connectivity index (χ3v) is 20.2. The van der Waals surface area contributed by atoms with Crippen LogP contribution in [0, 0.1) is 0 Å². The van der Waals surface area contributed by atoms with Crippen LogP contribution in [0.5, 0.6) is 0 Å². The topological polar surface area (TPSA) is 95.9 Å². The Kier molecular flexibility index (Phi) is 80.3. The van der Waals surface area contributed by atoms with Gasteiger partial charge in [0.25, 0.3) is 0 Å². The molecule has 6 nitrogen and oxygen atoms in total. The molecule has 0 heterocycles.